The van der Waals surface area contributed by atoms with Gasteiger partial charge in [-0.2, -0.15) is 0 Å². The molecular weight excluding hydrogens is 379 g/mol. The van der Waals surface area contributed by atoms with Crippen LogP contribution in [0.1, 0.15) is 42.4 Å². The zero-order valence-electron chi connectivity index (χ0n) is 17.5. The number of aliphatic imine (C=N–C) groups is 1. The van der Waals surface area contributed by atoms with E-state index in [1.54, 1.807) is 19.2 Å². The Morgan fingerprint density at radius 1 is 1.13 bits per heavy atom. The second-order valence-electron chi connectivity index (χ2n) is 8.31. The molecule has 6 heteroatoms. The highest BCUT2D eigenvalue weighted by Crippen LogP contribution is 2.47. The average molecular weight is 409 g/mol. The molecule has 2 fully saturated rings. The molecule has 1 aliphatic carbocycles. The Morgan fingerprint density at radius 3 is 2.63 bits per heavy atom. The van der Waals surface area contributed by atoms with Crippen LogP contribution in [0.15, 0.2) is 53.5 Å². The Hall–Kier alpha value is -2.89. The number of rotatable bonds is 7. The van der Waals surface area contributed by atoms with Crippen LogP contribution in [-0.2, 0) is 23.3 Å². The minimum atomic E-state index is -0.184. The van der Waals surface area contributed by atoms with Crippen molar-refractivity contribution in [1.82, 2.24) is 15.5 Å². The highest BCUT2D eigenvalue weighted by Gasteiger charge is 2.44. The summed E-state index contributed by atoms with van der Waals surface area (Å²) in [6, 6.07) is 15.2. The van der Waals surface area contributed by atoms with Gasteiger partial charge in [-0.25, -0.2) is 4.39 Å². The zero-order chi connectivity index (χ0) is 21.0. The summed E-state index contributed by atoms with van der Waals surface area (Å²) in [6.45, 7) is 2.91. The van der Waals surface area contributed by atoms with Gasteiger partial charge in [0.05, 0.1) is 0 Å². The van der Waals surface area contributed by atoms with Crippen molar-refractivity contribution < 1.29 is 9.18 Å². The van der Waals surface area contributed by atoms with Crippen LogP contribution < -0.4 is 10.6 Å². The summed E-state index contributed by atoms with van der Waals surface area (Å²) in [5.74, 6) is 0.796. The van der Waals surface area contributed by atoms with Crippen molar-refractivity contribution >= 4 is 11.9 Å². The third-order valence-corrected chi connectivity index (χ3v) is 6.10. The van der Waals surface area contributed by atoms with Crippen molar-refractivity contribution in [1.29, 1.82) is 0 Å². The maximum absolute atomic E-state index is 13.6. The second-order valence-corrected chi connectivity index (χ2v) is 8.31. The lowest BCUT2D eigenvalue weighted by Gasteiger charge is -2.19. The molecule has 1 heterocycles. The molecule has 0 unspecified atom stereocenters. The maximum Gasteiger partial charge on any atom is 0.222 e. The van der Waals surface area contributed by atoms with Crippen LogP contribution >= 0.6 is 0 Å². The topological polar surface area (TPSA) is 56.7 Å². The van der Waals surface area contributed by atoms with Gasteiger partial charge in [-0.1, -0.05) is 36.4 Å². The van der Waals surface area contributed by atoms with Gasteiger partial charge in [0.25, 0.3) is 0 Å². The summed E-state index contributed by atoms with van der Waals surface area (Å²) in [5.41, 5.74) is 3.35. The van der Waals surface area contributed by atoms with Crippen molar-refractivity contribution in [2.45, 2.75) is 44.2 Å². The highest BCUT2D eigenvalue weighted by atomic mass is 19.1. The monoisotopic (exact) mass is 408 g/mol. The third kappa shape index (κ3) is 4.81. The van der Waals surface area contributed by atoms with Crippen molar-refractivity contribution in [3.8, 4) is 0 Å². The van der Waals surface area contributed by atoms with Gasteiger partial charge in [0, 0.05) is 45.1 Å². The molecule has 2 aliphatic rings. The molecule has 158 valence electrons. The Labute approximate surface area is 177 Å². The quantitative estimate of drug-likeness (QED) is 0.546. The number of halogens is 1. The summed E-state index contributed by atoms with van der Waals surface area (Å²) in [4.78, 5) is 18.1. The molecular formula is C24H29FN4O. The first-order valence-corrected chi connectivity index (χ1v) is 10.6. The molecule has 1 aliphatic heterocycles. The lowest BCUT2D eigenvalue weighted by atomic mass is 9.96. The fraction of sp³-hybridized carbons (Fsp3) is 0.417. The van der Waals surface area contributed by atoms with Crippen LogP contribution in [-0.4, -0.2) is 36.9 Å². The average Bonchev–Trinajstić information content (AvgIpc) is 3.45. The molecule has 1 amide bonds. The minimum absolute atomic E-state index is 0.00189. The smallest absolute Gasteiger partial charge is 0.222 e. The molecule has 2 N–H and O–H groups in total. The molecule has 1 saturated heterocycles. The van der Waals surface area contributed by atoms with Crippen molar-refractivity contribution in [2.75, 3.05) is 20.1 Å². The van der Waals surface area contributed by atoms with E-state index in [1.165, 1.54) is 6.07 Å². The predicted octanol–water partition coefficient (Wildman–Crippen LogP) is 3.34. The molecule has 0 spiro atoms. The molecule has 2 aromatic carbocycles. The number of guanidine groups is 1. The minimum Gasteiger partial charge on any atom is -0.356 e. The maximum atomic E-state index is 13.6. The third-order valence-electron chi connectivity index (χ3n) is 6.10. The Bertz CT molecular complexity index is 938. The van der Waals surface area contributed by atoms with Gasteiger partial charge in [-0.3, -0.25) is 9.79 Å². The number of likely N-dealkylation sites (tertiary alicyclic amines) is 1. The van der Waals surface area contributed by atoms with Crippen LogP contribution in [0.5, 0.6) is 0 Å². The molecule has 4 rings (SSSR count). The molecule has 0 atom stereocenters. The number of nitrogens with zero attached hydrogens (tertiary/aromatic N) is 2. The first-order chi connectivity index (χ1) is 14.6. The number of hydrogen-bond acceptors (Lipinski definition) is 2. The van der Waals surface area contributed by atoms with Crippen molar-refractivity contribution in [2.24, 2.45) is 4.99 Å². The Balaban J connectivity index is 1.31. The van der Waals surface area contributed by atoms with Crippen LogP contribution in [0, 0.1) is 5.82 Å². The van der Waals surface area contributed by atoms with E-state index in [1.807, 2.05) is 17.0 Å². The number of nitrogens with one attached hydrogen (secondary N) is 2. The summed E-state index contributed by atoms with van der Waals surface area (Å²) >= 11 is 0. The first-order valence-electron chi connectivity index (χ1n) is 10.6. The number of carbonyl (C=O) groups excluding carboxylic acids is 1. The summed E-state index contributed by atoms with van der Waals surface area (Å²) in [5, 5.41) is 6.77. The molecule has 5 nitrogen and oxygen atoms in total. The van der Waals surface area contributed by atoms with Crippen LogP contribution in [0.25, 0.3) is 0 Å². The lowest BCUT2D eigenvalue weighted by molar-refractivity contribution is -0.128. The molecule has 1 saturated carbocycles. The van der Waals surface area contributed by atoms with Crippen molar-refractivity contribution in [3.63, 3.8) is 0 Å². The number of benzene rings is 2. The molecule has 2 aromatic rings. The van der Waals surface area contributed by atoms with Gasteiger partial charge < -0.3 is 15.5 Å². The molecule has 0 aromatic heterocycles. The standard InChI is InChI=1S/C24H29FN4O/c1-26-23(28-17-24(10-11-24)20-7-3-8-21(25)14-20)27-15-18-5-2-6-19(13-18)16-29-12-4-9-22(29)30/h2-3,5-8,13-14H,4,9-12,15-17H2,1H3,(H2,26,27,28). The van der Waals surface area contributed by atoms with Crippen LogP contribution in [0.3, 0.4) is 0 Å². The van der Waals surface area contributed by atoms with Gasteiger partial charge >= 0.3 is 0 Å². The van der Waals surface area contributed by atoms with E-state index in [-0.39, 0.29) is 17.1 Å². The SMILES string of the molecule is CN=C(NCc1cccc(CN2CCCC2=O)c1)NCC1(c2cccc(F)c2)CC1. The molecule has 0 radical (unpaired) electrons. The van der Waals surface area contributed by atoms with Gasteiger partial charge in [0.1, 0.15) is 5.82 Å². The van der Waals surface area contributed by atoms with Crippen LogP contribution in [0.2, 0.25) is 0 Å². The van der Waals surface area contributed by atoms with E-state index in [4.69, 9.17) is 0 Å². The first kappa shape index (κ1) is 20.4. The van der Waals surface area contributed by atoms with E-state index in [0.717, 1.165) is 55.0 Å². The van der Waals surface area contributed by atoms with E-state index in [0.29, 0.717) is 19.5 Å². The van der Waals surface area contributed by atoms with Gasteiger partial charge in [0.2, 0.25) is 5.91 Å². The molecule has 0 bridgehead atoms. The predicted molar refractivity (Wildman–Crippen MR) is 117 cm³/mol. The second kappa shape index (κ2) is 8.86. The Kier molecular flexibility index (Phi) is 6.02. The van der Waals surface area contributed by atoms with Gasteiger partial charge in [-0.05, 0) is 48.1 Å². The lowest BCUT2D eigenvalue weighted by Crippen LogP contribution is -2.40. The van der Waals surface area contributed by atoms with Gasteiger partial charge in [-0.15, -0.1) is 0 Å². The van der Waals surface area contributed by atoms with E-state index < -0.39 is 0 Å². The largest absolute Gasteiger partial charge is 0.356 e. The van der Waals surface area contributed by atoms with Crippen LogP contribution in [0.4, 0.5) is 4.39 Å². The summed E-state index contributed by atoms with van der Waals surface area (Å²) in [6.07, 6.45) is 3.73. The van der Waals surface area contributed by atoms with E-state index in [9.17, 15) is 9.18 Å². The normalized spacial score (nSPS) is 17.9. The van der Waals surface area contributed by atoms with Crippen molar-refractivity contribution in [3.05, 3.63) is 71.0 Å². The summed E-state index contributed by atoms with van der Waals surface area (Å²) < 4.78 is 13.6. The van der Waals surface area contributed by atoms with Gasteiger partial charge in [0.15, 0.2) is 5.96 Å². The number of hydrogen-bond donors (Lipinski definition) is 2. The van der Waals surface area contributed by atoms with E-state index in [2.05, 4.69) is 33.8 Å². The zero-order valence-corrected chi connectivity index (χ0v) is 17.5. The van der Waals surface area contributed by atoms with E-state index >= 15 is 0 Å². The fourth-order valence-corrected chi connectivity index (χ4v) is 4.13. The fourth-order valence-electron chi connectivity index (χ4n) is 4.13. The summed E-state index contributed by atoms with van der Waals surface area (Å²) in [7, 11) is 1.76. The number of amides is 1. The Morgan fingerprint density at radius 2 is 1.93 bits per heavy atom. The number of carbonyl (C=O) groups is 1. The highest BCUT2D eigenvalue weighted by molar-refractivity contribution is 5.80. The molecule has 30 heavy (non-hydrogen) atoms.